The van der Waals surface area contributed by atoms with Crippen LogP contribution in [0.25, 0.3) is 0 Å². The summed E-state index contributed by atoms with van der Waals surface area (Å²) in [4.78, 5) is 5.32. The Morgan fingerprint density at radius 3 is 3.00 bits per heavy atom. The molecule has 1 N–H and O–H groups in total. The molecule has 0 aliphatic heterocycles. The number of hydrogen-bond acceptors (Lipinski definition) is 4. The Balaban J connectivity index is 2.13. The van der Waals surface area contributed by atoms with Crippen LogP contribution in [0.3, 0.4) is 0 Å². The lowest BCUT2D eigenvalue weighted by Crippen LogP contribution is -2.19. The minimum atomic E-state index is -0.233. The third-order valence-electron chi connectivity index (χ3n) is 2.75. The molecule has 1 heterocycles. The van der Waals surface area contributed by atoms with E-state index in [2.05, 4.69) is 26.2 Å². The molecule has 0 aliphatic rings. The van der Waals surface area contributed by atoms with Crippen LogP contribution in [0.2, 0.25) is 0 Å². The molecule has 0 amide bonds. The van der Waals surface area contributed by atoms with Gasteiger partial charge in [0.1, 0.15) is 10.8 Å². The number of nitrogens with zero attached hydrogens (tertiary/aromatic N) is 1. The quantitative estimate of drug-likeness (QED) is 0.750. The predicted octanol–water partition coefficient (Wildman–Crippen LogP) is 3.87. The van der Waals surface area contributed by atoms with E-state index in [0.29, 0.717) is 13.2 Å². The standard InChI is InChI=1S/C15H16BrFN2OS/c1-20-8-7-18-10-11-9-12(17)4-5-14(11)21-15-13(16)3-2-6-19-15/h2-6,9,18H,7-8,10H2,1H3. The van der Waals surface area contributed by atoms with Gasteiger partial charge in [0.25, 0.3) is 0 Å². The summed E-state index contributed by atoms with van der Waals surface area (Å²) in [5.41, 5.74) is 0.911. The SMILES string of the molecule is COCCNCc1cc(F)ccc1Sc1ncccc1Br. The highest BCUT2D eigenvalue weighted by Crippen LogP contribution is 2.33. The number of nitrogens with one attached hydrogen (secondary N) is 1. The molecule has 112 valence electrons. The van der Waals surface area contributed by atoms with E-state index in [0.717, 1.165) is 26.5 Å². The van der Waals surface area contributed by atoms with Crippen LogP contribution in [0.4, 0.5) is 4.39 Å². The first kappa shape index (κ1) is 16.4. The molecule has 0 saturated heterocycles. The largest absolute Gasteiger partial charge is 0.383 e. The van der Waals surface area contributed by atoms with E-state index in [1.54, 1.807) is 25.4 Å². The zero-order chi connectivity index (χ0) is 15.1. The topological polar surface area (TPSA) is 34.1 Å². The van der Waals surface area contributed by atoms with E-state index in [-0.39, 0.29) is 5.82 Å². The average Bonchev–Trinajstić information content (AvgIpc) is 2.48. The van der Waals surface area contributed by atoms with Crippen LogP contribution in [0.1, 0.15) is 5.56 Å². The Morgan fingerprint density at radius 1 is 1.38 bits per heavy atom. The van der Waals surface area contributed by atoms with Gasteiger partial charge in [0.05, 0.1) is 11.1 Å². The van der Waals surface area contributed by atoms with Crippen LogP contribution < -0.4 is 5.32 Å². The van der Waals surface area contributed by atoms with Crippen molar-refractivity contribution in [1.29, 1.82) is 0 Å². The molecule has 0 fully saturated rings. The molecule has 6 heteroatoms. The maximum atomic E-state index is 13.5. The van der Waals surface area contributed by atoms with Gasteiger partial charge in [-0.2, -0.15) is 0 Å². The Hall–Kier alpha value is -0.950. The third kappa shape index (κ3) is 5.07. The lowest BCUT2D eigenvalue weighted by molar-refractivity contribution is 0.199. The number of ether oxygens (including phenoxy) is 1. The molecule has 0 saturated carbocycles. The van der Waals surface area contributed by atoms with Gasteiger partial charge in [-0.15, -0.1) is 0 Å². The fourth-order valence-corrected chi connectivity index (χ4v) is 3.12. The van der Waals surface area contributed by atoms with Gasteiger partial charge >= 0.3 is 0 Å². The van der Waals surface area contributed by atoms with Gasteiger partial charge in [0, 0.05) is 31.3 Å². The monoisotopic (exact) mass is 370 g/mol. The Bertz CT molecular complexity index is 598. The molecule has 0 aliphatic carbocycles. The van der Waals surface area contributed by atoms with Crippen LogP contribution in [0.15, 0.2) is 50.9 Å². The minimum absolute atomic E-state index is 0.233. The van der Waals surface area contributed by atoms with Crippen molar-refractivity contribution < 1.29 is 9.13 Å². The lowest BCUT2D eigenvalue weighted by atomic mass is 10.2. The maximum absolute atomic E-state index is 13.5. The normalized spacial score (nSPS) is 10.8. The Morgan fingerprint density at radius 2 is 2.24 bits per heavy atom. The van der Waals surface area contributed by atoms with Crippen molar-refractivity contribution in [2.24, 2.45) is 0 Å². The van der Waals surface area contributed by atoms with Crippen LogP contribution in [0.5, 0.6) is 0 Å². The van der Waals surface area contributed by atoms with Crippen LogP contribution in [-0.2, 0) is 11.3 Å². The zero-order valence-corrected chi connectivity index (χ0v) is 14.0. The second kappa shape index (κ2) is 8.48. The summed E-state index contributed by atoms with van der Waals surface area (Å²) in [5, 5.41) is 4.10. The van der Waals surface area contributed by atoms with Crippen molar-refractivity contribution >= 4 is 27.7 Å². The first-order valence-corrected chi connectivity index (χ1v) is 8.08. The van der Waals surface area contributed by atoms with Gasteiger partial charge in [-0.1, -0.05) is 11.8 Å². The molecule has 1 aromatic carbocycles. The van der Waals surface area contributed by atoms with E-state index >= 15 is 0 Å². The van der Waals surface area contributed by atoms with Crippen molar-refractivity contribution in [3.05, 3.63) is 52.4 Å². The maximum Gasteiger partial charge on any atom is 0.123 e. The summed E-state index contributed by atoms with van der Waals surface area (Å²) >= 11 is 4.99. The lowest BCUT2D eigenvalue weighted by Gasteiger charge is -2.11. The molecule has 1 aromatic heterocycles. The van der Waals surface area contributed by atoms with E-state index < -0.39 is 0 Å². The number of pyridine rings is 1. The zero-order valence-electron chi connectivity index (χ0n) is 11.6. The minimum Gasteiger partial charge on any atom is -0.383 e. The second-order valence-corrected chi connectivity index (χ2v) is 6.20. The van der Waals surface area contributed by atoms with Gasteiger partial charge in [-0.25, -0.2) is 9.37 Å². The van der Waals surface area contributed by atoms with Crippen LogP contribution in [-0.4, -0.2) is 25.2 Å². The van der Waals surface area contributed by atoms with E-state index in [1.165, 1.54) is 17.8 Å². The highest BCUT2D eigenvalue weighted by molar-refractivity contribution is 9.10. The molecule has 0 spiro atoms. The van der Waals surface area contributed by atoms with E-state index in [1.807, 2.05) is 12.1 Å². The molecular weight excluding hydrogens is 355 g/mol. The number of halogens is 2. The summed E-state index contributed by atoms with van der Waals surface area (Å²) < 4.78 is 19.4. The van der Waals surface area contributed by atoms with E-state index in [4.69, 9.17) is 4.74 Å². The number of benzene rings is 1. The summed E-state index contributed by atoms with van der Waals surface area (Å²) in [6.07, 6.45) is 1.74. The second-order valence-electron chi connectivity index (χ2n) is 4.31. The molecule has 0 unspecified atom stereocenters. The van der Waals surface area contributed by atoms with Gasteiger partial charge < -0.3 is 10.1 Å². The highest BCUT2D eigenvalue weighted by atomic mass is 79.9. The fraction of sp³-hybridized carbons (Fsp3) is 0.267. The molecule has 3 nitrogen and oxygen atoms in total. The van der Waals surface area contributed by atoms with Crippen molar-refractivity contribution in [1.82, 2.24) is 10.3 Å². The Kier molecular flexibility index (Phi) is 6.63. The van der Waals surface area contributed by atoms with Gasteiger partial charge in [0.15, 0.2) is 0 Å². The van der Waals surface area contributed by atoms with Crippen molar-refractivity contribution in [3.63, 3.8) is 0 Å². The molecule has 2 aromatic rings. The summed E-state index contributed by atoms with van der Waals surface area (Å²) in [5.74, 6) is -0.233. The third-order valence-corrected chi connectivity index (χ3v) is 4.79. The number of hydrogen-bond donors (Lipinski definition) is 1. The molecule has 0 radical (unpaired) electrons. The molecule has 21 heavy (non-hydrogen) atoms. The number of aromatic nitrogens is 1. The van der Waals surface area contributed by atoms with Gasteiger partial charge in [-0.05, 0) is 51.8 Å². The fourth-order valence-electron chi connectivity index (χ4n) is 1.73. The first-order valence-electron chi connectivity index (χ1n) is 6.47. The average molecular weight is 371 g/mol. The summed E-state index contributed by atoms with van der Waals surface area (Å²) in [7, 11) is 1.66. The van der Waals surface area contributed by atoms with Gasteiger partial charge in [-0.3, -0.25) is 0 Å². The highest BCUT2D eigenvalue weighted by Gasteiger charge is 2.09. The van der Waals surface area contributed by atoms with Crippen molar-refractivity contribution in [2.45, 2.75) is 16.5 Å². The summed E-state index contributed by atoms with van der Waals surface area (Å²) in [6.45, 7) is 1.95. The number of rotatable bonds is 7. The summed E-state index contributed by atoms with van der Waals surface area (Å²) in [6, 6.07) is 8.62. The molecule has 2 rings (SSSR count). The number of methoxy groups -OCH3 is 1. The van der Waals surface area contributed by atoms with Crippen molar-refractivity contribution in [3.8, 4) is 0 Å². The van der Waals surface area contributed by atoms with Gasteiger partial charge in [0.2, 0.25) is 0 Å². The first-order chi connectivity index (χ1) is 10.2. The molecular formula is C15H16BrFN2OS. The van der Waals surface area contributed by atoms with Crippen molar-refractivity contribution in [2.75, 3.05) is 20.3 Å². The predicted molar refractivity (Wildman–Crippen MR) is 86.0 cm³/mol. The molecule has 0 bridgehead atoms. The van der Waals surface area contributed by atoms with E-state index in [9.17, 15) is 4.39 Å². The smallest absolute Gasteiger partial charge is 0.123 e. The Labute approximate surface area is 136 Å². The van der Waals surface area contributed by atoms with Crippen LogP contribution >= 0.6 is 27.7 Å². The van der Waals surface area contributed by atoms with Crippen LogP contribution in [0, 0.1) is 5.82 Å². The molecule has 0 atom stereocenters.